The average molecular weight is 363 g/mol. The number of esters is 1. The number of nitrogens with zero attached hydrogens (tertiary/aromatic N) is 2. The number of methoxy groups -OCH3 is 1. The second-order valence-corrected chi connectivity index (χ2v) is 7.28. The predicted molar refractivity (Wildman–Crippen MR) is 97.7 cm³/mol. The van der Waals surface area contributed by atoms with Gasteiger partial charge in [0, 0.05) is 11.9 Å². The quantitative estimate of drug-likeness (QED) is 0.606. The Balaban J connectivity index is 2.38. The van der Waals surface area contributed by atoms with Crippen molar-refractivity contribution in [2.45, 2.75) is 46.2 Å². The molecule has 0 aliphatic carbocycles. The van der Waals surface area contributed by atoms with Crippen LogP contribution in [-0.2, 0) is 16.1 Å². The van der Waals surface area contributed by atoms with Crippen LogP contribution in [0.3, 0.4) is 0 Å². The first-order valence-electron chi connectivity index (χ1n) is 8.69. The molecule has 0 saturated carbocycles. The van der Waals surface area contributed by atoms with Crippen molar-refractivity contribution >= 4 is 22.8 Å². The van der Waals surface area contributed by atoms with Gasteiger partial charge in [-0.15, -0.1) is 0 Å². The lowest BCUT2D eigenvalue weighted by molar-refractivity contribution is -0.145. The maximum Gasteiger partial charge on any atom is 0.328 e. The fourth-order valence-corrected chi connectivity index (χ4v) is 2.78. The molecule has 1 amide bonds. The topological polar surface area (TPSA) is 73.2 Å². The molecule has 1 atom stereocenters. The molecule has 0 radical (unpaired) electrons. The number of hydrogen-bond donors (Lipinski definition) is 1. The third-order valence-corrected chi connectivity index (χ3v) is 4.19. The van der Waals surface area contributed by atoms with E-state index in [1.165, 1.54) is 7.11 Å². The smallest absolute Gasteiger partial charge is 0.328 e. The van der Waals surface area contributed by atoms with E-state index in [-0.39, 0.29) is 0 Å². The fraction of sp³-hybridized carbons (Fsp3) is 0.526. The number of ether oxygens (including phenoxy) is 1. The minimum Gasteiger partial charge on any atom is -0.467 e. The first-order valence-corrected chi connectivity index (χ1v) is 8.69. The largest absolute Gasteiger partial charge is 0.467 e. The lowest BCUT2D eigenvalue weighted by Crippen LogP contribution is -2.50. The Morgan fingerprint density at radius 3 is 2.58 bits per heavy atom. The highest BCUT2D eigenvalue weighted by molar-refractivity contribution is 6.06. The molecule has 1 N–H and O–H groups in total. The number of carbonyl (C=O) groups excluding carboxylic acids is 2. The number of benzene rings is 1. The number of carbonyl (C=O) groups is 2. The Hall–Kier alpha value is -2.44. The average Bonchev–Trinajstić information content (AvgIpc) is 2.96. The molecular formula is C19H26FN3O3. The monoisotopic (exact) mass is 363 g/mol. The van der Waals surface area contributed by atoms with Crippen molar-refractivity contribution in [2.24, 2.45) is 5.41 Å². The molecule has 0 saturated heterocycles. The van der Waals surface area contributed by atoms with Crippen LogP contribution in [0.2, 0.25) is 0 Å². The van der Waals surface area contributed by atoms with Crippen molar-refractivity contribution in [3.05, 3.63) is 30.0 Å². The summed E-state index contributed by atoms with van der Waals surface area (Å²) >= 11 is 0. The molecule has 6 nitrogen and oxygen atoms in total. The van der Waals surface area contributed by atoms with Crippen LogP contribution in [0.15, 0.2) is 24.3 Å². The Morgan fingerprint density at radius 2 is 1.96 bits per heavy atom. The first-order chi connectivity index (χ1) is 12.3. The summed E-state index contributed by atoms with van der Waals surface area (Å²) in [5.41, 5.74) is 0.540. The number of aryl methyl sites for hydroxylation is 1. The summed E-state index contributed by atoms with van der Waals surface area (Å²) in [4.78, 5) is 25.1. The maximum absolute atomic E-state index is 13.0. The van der Waals surface area contributed by atoms with Gasteiger partial charge in [0.05, 0.1) is 19.3 Å². The first kappa shape index (κ1) is 19.9. The van der Waals surface area contributed by atoms with Crippen molar-refractivity contribution in [1.29, 1.82) is 0 Å². The number of nitrogens with one attached hydrogen (secondary N) is 1. The zero-order valence-electron chi connectivity index (χ0n) is 15.7. The van der Waals surface area contributed by atoms with Gasteiger partial charge in [-0.3, -0.25) is 13.9 Å². The SMILES string of the molecule is COC(=O)C(NC(=O)c1c2ccccc2nn1CCCCF)C(C)(C)C. The second-order valence-electron chi connectivity index (χ2n) is 7.28. The molecule has 0 bridgehead atoms. The summed E-state index contributed by atoms with van der Waals surface area (Å²) in [6.45, 7) is 5.58. The molecule has 1 unspecified atom stereocenters. The van der Waals surface area contributed by atoms with Crippen LogP contribution in [0.5, 0.6) is 0 Å². The maximum atomic E-state index is 13.0. The third kappa shape index (κ3) is 4.39. The molecule has 2 rings (SSSR count). The number of rotatable bonds is 7. The third-order valence-electron chi connectivity index (χ3n) is 4.19. The van der Waals surface area contributed by atoms with Crippen molar-refractivity contribution in [3.8, 4) is 0 Å². The van der Waals surface area contributed by atoms with Crippen LogP contribution in [0.1, 0.15) is 44.1 Å². The number of amides is 1. The summed E-state index contributed by atoms with van der Waals surface area (Å²) in [7, 11) is 1.30. The number of halogens is 1. The molecule has 0 fully saturated rings. The van der Waals surface area contributed by atoms with Gasteiger partial charge in [0.25, 0.3) is 5.91 Å². The van der Waals surface area contributed by atoms with Crippen LogP contribution in [0, 0.1) is 5.41 Å². The lowest BCUT2D eigenvalue weighted by Gasteiger charge is -2.29. The molecule has 0 aliphatic rings. The van der Waals surface area contributed by atoms with Crippen LogP contribution < -0.4 is 5.32 Å². The summed E-state index contributed by atoms with van der Waals surface area (Å²) in [5, 5.41) is 7.94. The van der Waals surface area contributed by atoms with Crippen molar-refractivity contribution < 1.29 is 18.7 Å². The van der Waals surface area contributed by atoms with Crippen LogP contribution in [-0.4, -0.2) is 41.5 Å². The van der Waals surface area contributed by atoms with Crippen molar-refractivity contribution in [3.63, 3.8) is 0 Å². The zero-order valence-corrected chi connectivity index (χ0v) is 15.7. The minimum absolute atomic E-state index is 0.373. The summed E-state index contributed by atoms with van der Waals surface area (Å²) in [6.07, 6.45) is 0.981. The van der Waals surface area contributed by atoms with Gasteiger partial charge in [-0.2, -0.15) is 5.10 Å². The van der Waals surface area contributed by atoms with E-state index in [9.17, 15) is 14.0 Å². The normalized spacial score (nSPS) is 12.8. The number of unbranched alkanes of at least 4 members (excludes halogenated alkanes) is 1. The van der Waals surface area contributed by atoms with Gasteiger partial charge in [0.15, 0.2) is 0 Å². The Morgan fingerprint density at radius 1 is 1.27 bits per heavy atom. The molecule has 0 aliphatic heterocycles. The van der Waals surface area contributed by atoms with Gasteiger partial charge in [0.1, 0.15) is 11.7 Å². The molecule has 1 heterocycles. The summed E-state index contributed by atoms with van der Waals surface area (Å²) in [5.74, 6) is -0.900. The van der Waals surface area contributed by atoms with Gasteiger partial charge < -0.3 is 10.1 Å². The standard InChI is InChI=1S/C19H26FN3O3/c1-19(2,3)16(18(25)26-4)21-17(24)15-13-9-5-6-10-14(13)22-23(15)12-8-7-11-20/h5-6,9-10,16H,7-8,11-12H2,1-4H3,(H,21,24). The van der Waals surface area contributed by atoms with Crippen LogP contribution in [0.25, 0.3) is 10.9 Å². The fourth-order valence-electron chi connectivity index (χ4n) is 2.78. The van der Waals surface area contributed by atoms with E-state index in [0.717, 1.165) is 0 Å². The van der Waals surface area contributed by atoms with E-state index in [0.29, 0.717) is 36.0 Å². The van der Waals surface area contributed by atoms with E-state index in [4.69, 9.17) is 4.74 Å². The Bertz CT molecular complexity index is 780. The Labute approximate surface area is 152 Å². The Kier molecular flexibility index (Phi) is 6.34. The molecule has 26 heavy (non-hydrogen) atoms. The van der Waals surface area contributed by atoms with E-state index in [2.05, 4.69) is 10.4 Å². The molecule has 1 aromatic carbocycles. The molecule has 0 spiro atoms. The van der Waals surface area contributed by atoms with Gasteiger partial charge in [0.2, 0.25) is 0 Å². The highest BCUT2D eigenvalue weighted by Gasteiger charge is 2.35. The molecular weight excluding hydrogens is 337 g/mol. The highest BCUT2D eigenvalue weighted by Crippen LogP contribution is 2.23. The molecule has 142 valence electrons. The number of fused-ring (bicyclic) bond motifs is 1. The van der Waals surface area contributed by atoms with Gasteiger partial charge in [-0.05, 0) is 24.3 Å². The second kappa shape index (κ2) is 8.29. The van der Waals surface area contributed by atoms with E-state index >= 15 is 0 Å². The molecule has 2 aromatic rings. The van der Waals surface area contributed by atoms with Gasteiger partial charge in [-0.25, -0.2) is 4.79 Å². The van der Waals surface area contributed by atoms with E-state index in [1.54, 1.807) is 4.68 Å². The zero-order chi connectivity index (χ0) is 19.3. The van der Waals surface area contributed by atoms with Gasteiger partial charge in [-0.1, -0.05) is 39.0 Å². The molecule has 7 heteroatoms. The number of alkyl halides is 1. The molecule has 1 aromatic heterocycles. The van der Waals surface area contributed by atoms with Crippen LogP contribution in [0.4, 0.5) is 4.39 Å². The van der Waals surface area contributed by atoms with E-state index < -0.39 is 30.0 Å². The summed E-state index contributed by atoms with van der Waals surface area (Å²) in [6, 6.07) is 6.50. The van der Waals surface area contributed by atoms with Gasteiger partial charge >= 0.3 is 5.97 Å². The highest BCUT2D eigenvalue weighted by atomic mass is 19.1. The predicted octanol–water partition coefficient (Wildman–Crippen LogP) is 3.10. The van der Waals surface area contributed by atoms with Crippen LogP contribution >= 0.6 is 0 Å². The number of aromatic nitrogens is 2. The van der Waals surface area contributed by atoms with Crippen molar-refractivity contribution in [1.82, 2.24) is 15.1 Å². The van der Waals surface area contributed by atoms with E-state index in [1.807, 2.05) is 45.0 Å². The summed E-state index contributed by atoms with van der Waals surface area (Å²) < 4.78 is 18.9. The number of hydrogen-bond acceptors (Lipinski definition) is 4. The van der Waals surface area contributed by atoms with Crippen molar-refractivity contribution in [2.75, 3.05) is 13.8 Å². The lowest BCUT2D eigenvalue weighted by atomic mass is 9.86. The minimum atomic E-state index is -0.798.